The molecule has 3 fully saturated rings. The number of nitrogens with zero attached hydrogens (tertiary/aromatic N) is 4. The Bertz CT molecular complexity index is 2000. The fraction of sp³-hybridized carbons (Fsp3) is 0.780. The largest absolute Gasteiger partial charge is 0.465 e. The maximum atomic E-state index is 14.4. The van der Waals surface area contributed by atoms with Crippen LogP contribution in [0.3, 0.4) is 0 Å². The number of carbonyl (C=O) groups is 3. The first-order valence-electron chi connectivity index (χ1n) is 24.3. The summed E-state index contributed by atoms with van der Waals surface area (Å²) >= 11 is 0. The number of ether oxygens (including phenoxy) is 8. The number of esters is 2. The number of carbonyl (C=O) groups excluding carboxylic acids is 3. The predicted octanol–water partition coefficient (Wildman–Crippen LogP) is 3.48. The highest BCUT2D eigenvalue weighted by atomic mass is 16.7. The Labute approximate surface area is 407 Å². The lowest BCUT2D eigenvalue weighted by molar-refractivity contribution is -0.319. The molecule has 3 saturated heterocycles. The van der Waals surface area contributed by atoms with Crippen molar-refractivity contribution in [3.63, 3.8) is 0 Å². The van der Waals surface area contributed by atoms with Gasteiger partial charge in [-0.2, -0.15) is 0 Å². The summed E-state index contributed by atoms with van der Waals surface area (Å²) in [6.07, 6.45) is -7.28. The molecule has 390 valence electrons. The fourth-order valence-electron chi connectivity index (χ4n) is 10.5. The molecule has 4 heterocycles. The Kier molecular flexibility index (Phi) is 19.1. The standard InChI is InChI=1S/C50H80N4O15/c1-15-37-50(10,61)42(57)29(4)39(55)27(2)23-49(9,64-14)44(30(5)41(31(6)45(59)67-37)68-38-24-48(8,63-13)43(58)32(7)66-38)69-47-40(56)36(22-28(3)65-47)53(11)21-20-35-26-54(52-51-35)25-33-16-18-34(19-17-33)46(60)62-12/h16-19,26-32,36-38,40-44,47,56-58,61H,15,20-25H2,1-14H3/t27-,28-,29+,30+,31-,32+,36+,37-,38+,40-,41+,42-,43+,44-,47+,48-,49-,50-/m1/s1. The second-order valence-electron chi connectivity index (χ2n) is 20.5. The molecule has 19 heteroatoms. The SMILES string of the molecule is CC[C@H]1OC(=O)[C@H](C)[C@@H](O[C@H]2C[C@@](C)(OC)[C@@H](O)[C@H](C)O2)[C@H](C)[C@@H](O[C@@H]2O[C@H](C)C[C@H](N(C)CCc3cn(Cc4ccc(C(=O)OC)cc4)nn3)[C@H]2O)[C@](C)(OC)C[C@@H](C)C(=O)[C@H](C)[C@@H](O)[C@]1(C)O. The molecule has 0 aliphatic carbocycles. The molecule has 18 atom stereocenters. The zero-order valence-electron chi connectivity index (χ0n) is 43.1. The molecule has 3 aliphatic heterocycles. The third kappa shape index (κ3) is 12.8. The van der Waals surface area contributed by atoms with Crippen molar-refractivity contribution in [1.82, 2.24) is 19.9 Å². The molecule has 3 aliphatic rings. The number of aliphatic hydroxyl groups is 4. The third-order valence-corrected chi connectivity index (χ3v) is 15.2. The Hall–Kier alpha value is -3.47. The molecule has 4 N–H and O–H groups in total. The molecule has 0 bridgehead atoms. The number of methoxy groups -OCH3 is 3. The van der Waals surface area contributed by atoms with E-state index in [2.05, 4.69) is 10.3 Å². The van der Waals surface area contributed by atoms with E-state index < -0.39 is 114 Å². The molecule has 69 heavy (non-hydrogen) atoms. The summed E-state index contributed by atoms with van der Waals surface area (Å²) in [5.74, 6) is -5.17. The van der Waals surface area contributed by atoms with Crippen LogP contribution >= 0.6 is 0 Å². The van der Waals surface area contributed by atoms with Crippen LogP contribution in [0.1, 0.15) is 117 Å². The molecule has 0 spiro atoms. The van der Waals surface area contributed by atoms with Gasteiger partial charge in [-0.25, -0.2) is 9.48 Å². The van der Waals surface area contributed by atoms with E-state index in [4.69, 9.17) is 37.9 Å². The van der Waals surface area contributed by atoms with Crippen molar-refractivity contribution in [2.45, 2.75) is 192 Å². The van der Waals surface area contributed by atoms with Crippen LogP contribution in [0.25, 0.3) is 0 Å². The van der Waals surface area contributed by atoms with Crippen LogP contribution in [-0.4, -0.2) is 177 Å². The maximum absolute atomic E-state index is 14.4. The van der Waals surface area contributed by atoms with Crippen molar-refractivity contribution in [1.29, 1.82) is 0 Å². The van der Waals surface area contributed by atoms with Gasteiger partial charge in [0.15, 0.2) is 12.6 Å². The first-order chi connectivity index (χ1) is 32.3. The van der Waals surface area contributed by atoms with Gasteiger partial charge in [-0.3, -0.25) is 9.59 Å². The van der Waals surface area contributed by atoms with Crippen LogP contribution in [0.15, 0.2) is 30.5 Å². The van der Waals surface area contributed by atoms with Crippen molar-refractivity contribution in [2.24, 2.45) is 23.7 Å². The van der Waals surface area contributed by atoms with Gasteiger partial charge in [-0.1, -0.05) is 45.0 Å². The molecular weight excluding hydrogens is 897 g/mol. The molecule has 1 aromatic carbocycles. The Morgan fingerprint density at radius 1 is 0.899 bits per heavy atom. The van der Waals surface area contributed by atoms with Gasteiger partial charge in [-0.05, 0) is 85.5 Å². The number of aliphatic hydroxyl groups excluding tert-OH is 3. The van der Waals surface area contributed by atoms with Crippen LogP contribution in [0.5, 0.6) is 0 Å². The van der Waals surface area contributed by atoms with Crippen LogP contribution in [0.4, 0.5) is 0 Å². The molecule has 0 amide bonds. The lowest BCUT2D eigenvalue weighted by Crippen LogP contribution is -2.61. The van der Waals surface area contributed by atoms with E-state index in [1.165, 1.54) is 28.3 Å². The van der Waals surface area contributed by atoms with Gasteiger partial charge < -0.3 is 63.2 Å². The molecule has 5 rings (SSSR count). The smallest absolute Gasteiger partial charge is 0.337 e. The lowest BCUT2D eigenvalue weighted by Gasteiger charge is -2.50. The summed E-state index contributed by atoms with van der Waals surface area (Å²) in [6.45, 7) is 17.9. The minimum atomic E-state index is -2.00. The molecule has 0 saturated carbocycles. The number of hydrogen-bond donors (Lipinski definition) is 4. The first kappa shape index (κ1) is 56.4. The highest BCUT2D eigenvalue weighted by Gasteiger charge is 2.54. The van der Waals surface area contributed by atoms with E-state index in [-0.39, 0.29) is 31.1 Å². The van der Waals surface area contributed by atoms with Crippen LogP contribution in [-0.2, 0) is 60.4 Å². The average Bonchev–Trinajstić information content (AvgIpc) is 3.78. The van der Waals surface area contributed by atoms with E-state index in [0.717, 1.165) is 11.3 Å². The van der Waals surface area contributed by atoms with Crippen molar-refractivity contribution in [2.75, 3.05) is 34.9 Å². The second-order valence-corrected chi connectivity index (χ2v) is 20.5. The van der Waals surface area contributed by atoms with E-state index in [1.54, 1.807) is 65.3 Å². The molecule has 2 aromatic rings. The van der Waals surface area contributed by atoms with Crippen LogP contribution < -0.4 is 0 Å². The maximum Gasteiger partial charge on any atom is 0.337 e. The number of hydrogen-bond acceptors (Lipinski definition) is 18. The number of ketones is 1. The topological polar surface area (TPSA) is 240 Å². The van der Waals surface area contributed by atoms with Gasteiger partial charge in [0.2, 0.25) is 0 Å². The predicted molar refractivity (Wildman–Crippen MR) is 251 cm³/mol. The summed E-state index contributed by atoms with van der Waals surface area (Å²) < 4.78 is 51.2. The Morgan fingerprint density at radius 2 is 1.55 bits per heavy atom. The number of aromatic nitrogens is 3. The van der Waals surface area contributed by atoms with E-state index in [1.807, 2.05) is 44.1 Å². The minimum Gasteiger partial charge on any atom is -0.465 e. The first-order valence-corrected chi connectivity index (χ1v) is 24.3. The number of Topliss-reactive ketones (excluding diaryl/α,β-unsaturated/α-hetero) is 1. The van der Waals surface area contributed by atoms with Gasteiger partial charge in [0.05, 0.1) is 72.6 Å². The zero-order chi connectivity index (χ0) is 51.3. The average molecular weight is 977 g/mol. The normalized spacial score (nSPS) is 39.7. The molecular formula is C50H80N4O15. The fourth-order valence-corrected chi connectivity index (χ4v) is 10.5. The molecule has 0 radical (unpaired) electrons. The van der Waals surface area contributed by atoms with Gasteiger partial charge in [0, 0.05) is 63.6 Å². The summed E-state index contributed by atoms with van der Waals surface area (Å²) in [6, 6.07) is 6.64. The van der Waals surface area contributed by atoms with E-state index in [0.29, 0.717) is 31.5 Å². The van der Waals surface area contributed by atoms with Gasteiger partial charge in [0.1, 0.15) is 29.7 Å². The van der Waals surface area contributed by atoms with E-state index in [9.17, 15) is 34.8 Å². The zero-order valence-corrected chi connectivity index (χ0v) is 43.1. The van der Waals surface area contributed by atoms with Gasteiger partial charge >= 0.3 is 11.9 Å². The van der Waals surface area contributed by atoms with Crippen LogP contribution in [0, 0.1) is 23.7 Å². The monoisotopic (exact) mass is 977 g/mol. The number of benzene rings is 1. The summed E-state index contributed by atoms with van der Waals surface area (Å²) in [5.41, 5.74) is -2.28. The van der Waals surface area contributed by atoms with E-state index >= 15 is 0 Å². The Morgan fingerprint density at radius 3 is 2.16 bits per heavy atom. The highest BCUT2D eigenvalue weighted by Crippen LogP contribution is 2.42. The minimum absolute atomic E-state index is 0.0609. The quantitative estimate of drug-likeness (QED) is 0.198. The molecule has 1 aromatic heterocycles. The Balaban J connectivity index is 1.46. The van der Waals surface area contributed by atoms with Gasteiger partial charge in [-0.15, -0.1) is 5.10 Å². The molecule has 0 unspecified atom stereocenters. The molecule has 19 nitrogen and oxygen atoms in total. The van der Waals surface area contributed by atoms with Crippen molar-refractivity contribution in [3.8, 4) is 0 Å². The van der Waals surface area contributed by atoms with Crippen LogP contribution in [0.2, 0.25) is 0 Å². The third-order valence-electron chi connectivity index (χ3n) is 15.2. The second kappa shape index (κ2) is 23.4. The number of rotatable bonds is 14. The summed E-state index contributed by atoms with van der Waals surface area (Å²) in [7, 11) is 6.25. The summed E-state index contributed by atoms with van der Waals surface area (Å²) in [5, 5.41) is 55.4. The van der Waals surface area contributed by atoms with Gasteiger partial charge in [0.25, 0.3) is 0 Å². The lowest BCUT2D eigenvalue weighted by atomic mass is 9.74. The number of cyclic esters (lactones) is 1. The van der Waals surface area contributed by atoms with Crippen molar-refractivity contribution < 1.29 is 72.7 Å². The summed E-state index contributed by atoms with van der Waals surface area (Å²) in [4.78, 5) is 42.6. The highest BCUT2D eigenvalue weighted by molar-refractivity contribution is 5.89. The van der Waals surface area contributed by atoms with Crippen molar-refractivity contribution in [3.05, 3.63) is 47.3 Å². The number of likely N-dealkylation sites (N-methyl/N-ethyl adjacent to an activating group) is 1. The van der Waals surface area contributed by atoms with Crippen molar-refractivity contribution >= 4 is 17.7 Å².